The van der Waals surface area contributed by atoms with Crippen molar-refractivity contribution in [2.45, 2.75) is 37.3 Å². The van der Waals surface area contributed by atoms with Gasteiger partial charge in [-0.2, -0.15) is 0 Å². The van der Waals surface area contributed by atoms with Gasteiger partial charge in [0.15, 0.2) is 0 Å². The fourth-order valence-corrected chi connectivity index (χ4v) is 2.80. The molecular weight excluding hydrogens is 276 g/mol. The highest BCUT2D eigenvalue weighted by Gasteiger charge is 2.07. The van der Waals surface area contributed by atoms with E-state index in [2.05, 4.69) is 42.9 Å². The maximum Gasteiger partial charge on any atom is 0.140 e. The number of benzene rings is 1. The quantitative estimate of drug-likeness (QED) is 0.595. The Morgan fingerprint density at radius 1 is 1.21 bits per heavy atom. The van der Waals surface area contributed by atoms with Crippen LogP contribution in [0.15, 0.2) is 35.2 Å². The zero-order chi connectivity index (χ0) is 13.8. The lowest BCUT2D eigenvalue weighted by Crippen LogP contribution is -2.00. The second kappa shape index (κ2) is 6.40. The maximum absolute atomic E-state index is 6.05. The average molecular weight is 293 g/mol. The minimum absolute atomic E-state index is 0.364. The smallest absolute Gasteiger partial charge is 0.140 e. The van der Waals surface area contributed by atoms with Gasteiger partial charge in [-0.1, -0.05) is 43.6 Å². The third-order valence-corrected chi connectivity index (χ3v) is 4.17. The van der Waals surface area contributed by atoms with Gasteiger partial charge < -0.3 is 0 Å². The Labute approximate surface area is 123 Å². The third-order valence-electron chi connectivity index (χ3n) is 2.80. The number of aryl methyl sites for hydroxylation is 1. The van der Waals surface area contributed by atoms with E-state index in [9.17, 15) is 0 Å². The average Bonchev–Trinajstić information content (AvgIpc) is 2.37. The van der Waals surface area contributed by atoms with Crippen LogP contribution in [0.25, 0.3) is 0 Å². The number of thioether (sulfide) groups is 1. The number of aromatic nitrogens is 2. The zero-order valence-electron chi connectivity index (χ0n) is 11.4. The summed E-state index contributed by atoms with van der Waals surface area (Å²) < 4.78 is 0. The first kappa shape index (κ1) is 14.4. The molecule has 19 heavy (non-hydrogen) atoms. The Kier molecular flexibility index (Phi) is 4.83. The molecule has 0 aliphatic heterocycles. The van der Waals surface area contributed by atoms with Crippen LogP contribution < -0.4 is 0 Å². The van der Waals surface area contributed by atoms with Crippen LogP contribution in [0.1, 0.15) is 36.8 Å². The molecule has 0 atom stereocenters. The van der Waals surface area contributed by atoms with Gasteiger partial charge in [0.25, 0.3) is 0 Å². The zero-order valence-corrected chi connectivity index (χ0v) is 12.9. The first-order chi connectivity index (χ1) is 9.06. The van der Waals surface area contributed by atoms with Crippen molar-refractivity contribution >= 4 is 23.4 Å². The lowest BCUT2D eigenvalue weighted by Gasteiger charge is -2.08. The summed E-state index contributed by atoms with van der Waals surface area (Å²) in [6, 6.07) is 10.2. The summed E-state index contributed by atoms with van der Waals surface area (Å²) in [6.07, 6.45) is 0. The van der Waals surface area contributed by atoms with Crippen LogP contribution >= 0.6 is 23.4 Å². The molecule has 0 saturated heterocycles. The molecule has 0 aliphatic rings. The predicted octanol–water partition coefficient (Wildman–Crippen LogP) is 4.85. The summed E-state index contributed by atoms with van der Waals surface area (Å²) >= 11 is 7.79. The summed E-state index contributed by atoms with van der Waals surface area (Å²) in [6.45, 7) is 6.33. The largest absolute Gasteiger partial charge is 0.237 e. The molecular formula is C15H17ClN2S. The molecule has 2 nitrogen and oxygen atoms in total. The van der Waals surface area contributed by atoms with Gasteiger partial charge in [0.1, 0.15) is 11.0 Å². The van der Waals surface area contributed by atoms with Crippen LogP contribution in [0.2, 0.25) is 5.15 Å². The van der Waals surface area contributed by atoms with Crippen molar-refractivity contribution in [3.8, 4) is 0 Å². The highest BCUT2D eigenvalue weighted by atomic mass is 35.5. The molecule has 0 N–H and O–H groups in total. The van der Waals surface area contributed by atoms with Gasteiger partial charge in [-0.15, -0.1) is 11.8 Å². The summed E-state index contributed by atoms with van der Waals surface area (Å²) in [5.41, 5.74) is 2.28. The monoisotopic (exact) mass is 292 g/mol. The molecule has 1 heterocycles. The minimum atomic E-state index is 0.364. The van der Waals surface area contributed by atoms with E-state index in [1.165, 1.54) is 10.5 Å². The Hall–Kier alpha value is -1.06. The number of nitrogens with zero attached hydrogens (tertiary/aromatic N) is 2. The fraction of sp³-hybridized carbons (Fsp3) is 0.333. The fourth-order valence-electron chi connectivity index (χ4n) is 1.70. The van der Waals surface area contributed by atoms with Crippen LogP contribution in [0.3, 0.4) is 0 Å². The van der Waals surface area contributed by atoms with Crippen LogP contribution in [-0.2, 0) is 5.75 Å². The SMILES string of the molecule is Cc1ccccc1SCc1nc(Cl)cc(C(C)C)n1. The standard InChI is InChI=1S/C15H17ClN2S/c1-10(2)12-8-14(16)18-15(17-12)9-19-13-7-5-4-6-11(13)3/h4-8,10H,9H2,1-3H3. The van der Waals surface area contributed by atoms with E-state index < -0.39 is 0 Å². The summed E-state index contributed by atoms with van der Waals surface area (Å²) in [5, 5.41) is 0.527. The van der Waals surface area contributed by atoms with Crippen molar-refractivity contribution in [2.75, 3.05) is 0 Å². The lowest BCUT2D eigenvalue weighted by molar-refractivity contribution is 0.799. The molecule has 4 heteroatoms. The number of halogens is 1. The molecule has 100 valence electrons. The van der Waals surface area contributed by atoms with E-state index in [1.807, 2.05) is 18.2 Å². The Bertz CT molecular complexity index is 570. The molecule has 0 fully saturated rings. The molecule has 0 radical (unpaired) electrons. The highest BCUT2D eigenvalue weighted by molar-refractivity contribution is 7.98. The highest BCUT2D eigenvalue weighted by Crippen LogP contribution is 2.25. The van der Waals surface area contributed by atoms with Gasteiger partial charge in [0.2, 0.25) is 0 Å². The molecule has 0 unspecified atom stereocenters. The van der Waals surface area contributed by atoms with E-state index in [-0.39, 0.29) is 0 Å². The molecule has 0 bridgehead atoms. The Morgan fingerprint density at radius 2 is 1.95 bits per heavy atom. The van der Waals surface area contributed by atoms with Gasteiger partial charge in [0.05, 0.1) is 5.75 Å². The topological polar surface area (TPSA) is 25.8 Å². The molecule has 2 aromatic rings. The van der Waals surface area contributed by atoms with E-state index in [1.54, 1.807) is 11.8 Å². The van der Waals surface area contributed by atoms with Crippen molar-refractivity contribution in [3.05, 3.63) is 52.6 Å². The van der Waals surface area contributed by atoms with Crippen LogP contribution in [0, 0.1) is 6.92 Å². The molecule has 2 rings (SSSR count). The third kappa shape index (κ3) is 3.95. The normalized spacial score (nSPS) is 11.0. The number of rotatable bonds is 4. The first-order valence-electron chi connectivity index (χ1n) is 6.28. The van der Waals surface area contributed by atoms with E-state index in [4.69, 9.17) is 11.6 Å². The summed E-state index contributed by atoms with van der Waals surface area (Å²) in [5.74, 6) is 1.90. The van der Waals surface area contributed by atoms with Gasteiger partial charge in [0, 0.05) is 10.6 Å². The first-order valence-corrected chi connectivity index (χ1v) is 7.64. The molecule has 1 aromatic carbocycles. The van der Waals surface area contributed by atoms with E-state index in [0.29, 0.717) is 11.1 Å². The molecule has 0 saturated carbocycles. The number of hydrogen-bond acceptors (Lipinski definition) is 3. The Morgan fingerprint density at radius 3 is 2.63 bits per heavy atom. The van der Waals surface area contributed by atoms with E-state index >= 15 is 0 Å². The van der Waals surface area contributed by atoms with Crippen LogP contribution in [-0.4, -0.2) is 9.97 Å². The van der Waals surface area contributed by atoms with Crippen molar-refractivity contribution in [1.29, 1.82) is 0 Å². The van der Waals surface area contributed by atoms with Gasteiger partial charge in [-0.3, -0.25) is 0 Å². The Balaban J connectivity index is 2.14. The van der Waals surface area contributed by atoms with Crippen molar-refractivity contribution in [1.82, 2.24) is 9.97 Å². The van der Waals surface area contributed by atoms with Crippen LogP contribution in [0.4, 0.5) is 0 Å². The van der Waals surface area contributed by atoms with Crippen molar-refractivity contribution in [3.63, 3.8) is 0 Å². The summed E-state index contributed by atoms with van der Waals surface area (Å²) in [7, 11) is 0. The van der Waals surface area contributed by atoms with Crippen molar-refractivity contribution < 1.29 is 0 Å². The second-order valence-corrected chi connectivity index (χ2v) is 6.15. The lowest BCUT2D eigenvalue weighted by atomic mass is 10.1. The minimum Gasteiger partial charge on any atom is -0.237 e. The van der Waals surface area contributed by atoms with Crippen LogP contribution in [0.5, 0.6) is 0 Å². The van der Waals surface area contributed by atoms with Crippen molar-refractivity contribution in [2.24, 2.45) is 0 Å². The second-order valence-electron chi connectivity index (χ2n) is 4.74. The molecule has 0 spiro atoms. The summed E-state index contributed by atoms with van der Waals surface area (Å²) in [4.78, 5) is 10.1. The van der Waals surface area contributed by atoms with E-state index in [0.717, 1.165) is 17.3 Å². The van der Waals surface area contributed by atoms with Gasteiger partial charge >= 0.3 is 0 Å². The molecule has 0 aliphatic carbocycles. The maximum atomic E-state index is 6.05. The van der Waals surface area contributed by atoms with Gasteiger partial charge in [-0.25, -0.2) is 9.97 Å². The molecule has 0 amide bonds. The molecule has 1 aromatic heterocycles. The van der Waals surface area contributed by atoms with Gasteiger partial charge in [-0.05, 0) is 30.5 Å². The predicted molar refractivity (Wildman–Crippen MR) is 81.9 cm³/mol. The number of hydrogen-bond donors (Lipinski definition) is 0.